The fourth-order valence-corrected chi connectivity index (χ4v) is 1.96. The van der Waals surface area contributed by atoms with Crippen molar-refractivity contribution >= 4 is 5.82 Å². The van der Waals surface area contributed by atoms with E-state index < -0.39 is 11.9 Å². The molecule has 7 heteroatoms. The Hall–Kier alpha value is -1.37. The Bertz CT molecular complexity index is 404. The molecule has 0 unspecified atom stereocenters. The maximum absolute atomic E-state index is 12.4. The van der Waals surface area contributed by atoms with E-state index in [2.05, 4.69) is 15.3 Å². The summed E-state index contributed by atoms with van der Waals surface area (Å²) in [5, 5.41) is 3.30. The van der Waals surface area contributed by atoms with E-state index in [1.807, 2.05) is 18.7 Å². The third-order valence-electron chi connectivity index (χ3n) is 2.99. The highest BCUT2D eigenvalue weighted by molar-refractivity contribution is 5.38. The van der Waals surface area contributed by atoms with Gasteiger partial charge in [-0.15, -0.1) is 0 Å². The molecule has 0 radical (unpaired) electrons. The predicted molar refractivity (Wildman–Crippen MR) is 61.3 cm³/mol. The number of anilines is 1. The van der Waals surface area contributed by atoms with Gasteiger partial charge in [0, 0.05) is 25.2 Å². The van der Waals surface area contributed by atoms with E-state index >= 15 is 0 Å². The van der Waals surface area contributed by atoms with E-state index in [-0.39, 0.29) is 12.1 Å². The van der Waals surface area contributed by atoms with Gasteiger partial charge in [-0.1, -0.05) is 0 Å². The van der Waals surface area contributed by atoms with Crippen LogP contribution < -0.4 is 10.2 Å². The maximum atomic E-state index is 12.4. The van der Waals surface area contributed by atoms with Gasteiger partial charge in [-0.05, 0) is 13.8 Å². The van der Waals surface area contributed by atoms with Crippen LogP contribution >= 0.6 is 0 Å². The minimum atomic E-state index is -4.44. The summed E-state index contributed by atoms with van der Waals surface area (Å²) in [6.45, 7) is 5.51. The summed E-state index contributed by atoms with van der Waals surface area (Å²) < 4.78 is 37.1. The number of aromatic nitrogens is 2. The molecule has 2 heterocycles. The summed E-state index contributed by atoms with van der Waals surface area (Å²) in [7, 11) is 0. The molecule has 2 atom stereocenters. The van der Waals surface area contributed by atoms with E-state index in [9.17, 15) is 13.2 Å². The van der Waals surface area contributed by atoms with Crippen LogP contribution in [-0.4, -0.2) is 35.1 Å². The second-order valence-corrected chi connectivity index (χ2v) is 4.57. The summed E-state index contributed by atoms with van der Waals surface area (Å²) in [6.07, 6.45) is -2.46. The topological polar surface area (TPSA) is 41.0 Å². The Kier molecular flexibility index (Phi) is 3.43. The van der Waals surface area contributed by atoms with E-state index in [1.165, 1.54) is 6.20 Å². The highest BCUT2D eigenvalue weighted by atomic mass is 19.4. The van der Waals surface area contributed by atoms with E-state index in [1.54, 1.807) is 0 Å². The van der Waals surface area contributed by atoms with Gasteiger partial charge in [0.1, 0.15) is 5.82 Å². The summed E-state index contributed by atoms with van der Waals surface area (Å²) in [4.78, 5) is 9.27. The molecule has 0 aromatic carbocycles. The SMILES string of the molecule is C[C@@H]1CN[C@@H](C)CN1c1cnc(C(F)(F)F)cn1. The van der Waals surface area contributed by atoms with Crippen molar-refractivity contribution in [2.24, 2.45) is 0 Å². The van der Waals surface area contributed by atoms with Crippen molar-refractivity contribution in [1.29, 1.82) is 0 Å². The van der Waals surface area contributed by atoms with Crippen molar-refractivity contribution in [3.05, 3.63) is 18.1 Å². The zero-order valence-electron chi connectivity index (χ0n) is 10.2. The Morgan fingerprint density at radius 1 is 1.28 bits per heavy atom. The molecule has 0 amide bonds. The number of nitrogens with zero attached hydrogens (tertiary/aromatic N) is 3. The molecular weight excluding hydrogens is 245 g/mol. The molecule has 0 aliphatic carbocycles. The van der Waals surface area contributed by atoms with Crippen LogP contribution in [0.1, 0.15) is 19.5 Å². The minimum Gasteiger partial charge on any atom is -0.350 e. The standard InChI is InChI=1S/C11H15F3N4/c1-7-6-18(8(2)3-15-7)10-5-16-9(4-17-10)11(12,13)14/h4-5,7-8,15H,3,6H2,1-2H3/t7-,8+/m0/s1. The van der Waals surface area contributed by atoms with Gasteiger partial charge in [-0.25, -0.2) is 9.97 Å². The maximum Gasteiger partial charge on any atom is 0.434 e. The molecule has 1 fully saturated rings. The molecule has 100 valence electrons. The van der Waals surface area contributed by atoms with Crippen LogP contribution in [-0.2, 0) is 6.18 Å². The monoisotopic (exact) mass is 260 g/mol. The zero-order chi connectivity index (χ0) is 13.3. The van der Waals surface area contributed by atoms with Crippen molar-refractivity contribution in [2.75, 3.05) is 18.0 Å². The quantitative estimate of drug-likeness (QED) is 0.834. The zero-order valence-corrected chi connectivity index (χ0v) is 10.2. The molecule has 2 rings (SSSR count). The van der Waals surface area contributed by atoms with Crippen molar-refractivity contribution in [3.8, 4) is 0 Å². The molecular formula is C11H15F3N4. The van der Waals surface area contributed by atoms with Crippen LogP contribution in [0.3, 0.4) is 0 Å². The first-order valence-electron chi connectivity index (χ1n) is 5.77. The lowest BCUT2D eigenvalue weighted by molar-refractivity contribution is -0.141. The van der Waals surface area contributed by atoms with Gasteiger partial charge in [0.25, 0.3) is 0 Å². The van der Waals surface area contributed by atoms with Gasteiger partial charge >= 0.3 is 6.18 Å². The Balaban J connectivity index is 2.18. The summed E-state index contributed by atoms with van der Waals surface area (Å²) >= 11 is 0. The smallest absolute Gasteiger partial charge is 0.350 e. The van der Waals surface area contributed by atoms with Gasteiger partial charge in [0.15, 0.2) is 5.69 Å². The number of rotatable bonds is 1. The van der Waals surface area contributed by atoms with Crippen LogP contribution in [0, 0.1) is 0 Å². The second kappa shape index (κ2) is 4.72. The van der Waals surface area contributed by atoms with E-state index in [4.69, 9.17) is 0 Å². The number of piperazine rings is 1. The van der Waals surface area contributed by atoms with Gasteiger partial charge in [-0.3, -0.25) is 0 Å². The Labute approximate surface area is 103 Å². The molecule has 1 aliphatic rings. The largest absolute Gasteiger partial charge is 0.434 e. The fourth-order valence-electron chi connectivity index (χ4n) is 1.96. The molecule has 1 aliphatic heterocycles. The normalized spacial score (nSPS) is 25.3. The minimum absolute atomic E-state index is 0.187. The van der Waals surface area contributed by atoms with E-state index in [0.29, 0.717) is 12.4 Å². The molecule has 18 heavy (non-hydrogen) atoms. The predicted octanol–water partition coefficient (Wildman–Crippen LogP) is 1.68. The summed E-state index contributed by atoms with van der Waals surface area (Å²) in [6, 6.07) is 0.470. The third-order valence-corrected chi connectivity index (χ3v) is 2.99. The lowest BCUT2D eigenvalue weighted by Gasteiger charge is -2.38. The van der Waals surface area contributed by atoms with Gasteiger partial charge < -0.3 is 10.2 Å². The number of alkyl halides is 3. The Morgan fingerprint density at radius 2 is 2.00 bits per heavy atom. The number of hydrogen-bond donors (Lipinski definition) is 1. The molecule has 1 N–H and O–H groups in total. The molecule has 1 aromatic rings. The van der Waals surface area contributed by atoms with Gasteiger partial charge in [0.2, 0.25) is 0 Å². The number of halogens is 3. The number of nitrogens with one attached hydrogen (secondary N) is 1. The highest BCUT2D eigenvalue weighted by Gasteiger charge is 2.33. The summed E-state index contributed by atoms with van der Waals surface area (Å²) in [5.41, 5.74) is -0.956. The van der Waals surface area contributed by atoms with Crippen LogP contribution in [0.5, 0.6) is 0 Å². The summed E-state index contributed by atoms with van der Waals surface area (Å²) in [5.74, 6) is 0.490. The van der Waals surface area contributed by atoms with Crippen molar-refractivity contribution < 1.29 is 13.2 Å². The average molecular weight is 260 g/mol. The lowest BCUT2D eigenvalue weighted by Crippen LogP contribution is -2.54. The van der Waals surface area contributed by atoms with Crippen LogP contribution in [0.4, 0.5) is 19.0 Å². The molecule has 1 aromatic heterocycles. The first kappa shape index (κ1) is 13.1. The fraction of sp³-hybridized carbons (Fsp3) is 0.636. The lowest BCUT2D eigenvalue weighted by atomic mass is 10.1. The molecule has 0 bridgehead atoms. The average Bonchev–Trinajstić information content (AvgIpc) is 2.31. The molecule has 1 saturated heterocycles. The Morgan fingerprint density at radius 3 is 2.56 bits per heavy atom. The van der Waals surface area contributed by atoms with Gasteiger partial charge in [0.05, 0.1) is 12.4 Å². The first-order valence-corrected chi connectivity index (χ1v) is 5.77. The second-order valence-electron chi connectivity index (χ2n) is 4.57. The van der Waals surface area contributed by atoms with Crippen LogP contribution in [0.15, 0.2) is 12.4 Å². The first-order chi connectivity index (χ1) is 8.38. The number of hydrogen-bond acceptors (Lipinski definition) is 4. The third kappa shape index (κ3) is 2.72. The van der Waals surface area contributed by atoms with Crippen molar-refractivity contribution in [3.63, 3.8) is 0 Å². The van der Waals surface area contributed by atoms with Crippen molar-refractivity contribution in [1.82, 2.24) is 15.3 Å². The van der Waals surface area contributed by atoms with E-state index in [0.717, 1.165) is 12.7 Å². The molecule has 0 saturated carbocycles. The van der Waals surface area contributed by atoms with Crippen molar-refractivity contribution in [2.45, 2.75) is 32.1 Å². The van der Waals surface area contributed by atoms with Gasteiger partial charge in [-0.2, -0.15) is 13.2 Å². The molecule has 0 spiro atoms. The van der Waals surface area contributed by atoms with Crippen LogP contribution in [0.2, 0.25) is 0 Å². The van der Waals surface area contributed by atoms with Crippen LogP contribution in [0.25, 0.3) is 0 Å². The highest BCUT2D eigenvalue weighted by Crippen LogP contribution is 2.27. The molecule has 4 nitrogen and oxygen atoms in total.